The Kier molecular flexibility index (Phi) is 3.67. The van der Waals surface area contributed by atoms with Crippen molar-refractivity contribution in [2.45, 2.75) is 19.4 Å². The third-order valence-electron chi connectivity index (χ3n) is 3.52. The molecule has 1 saturated heterocycles. The summed E-state index contributed by atoms with van der Waals surface area (Å²) in [6.07, 6.45) is 0.366. The van der Waals surface area contributed by atoms with E-state index < -0.39 is 4.92 Å². The number of aliphatic hydroxyl groups is 1. The van der Waals surface area contributed by atoms with Crippen LogP contribution in [-0.2, 0) is 0 Å². The molecular weight excluding hydrogens is 246 g/mol. The molecule has 1 N–H and O–H groups in total. The summed E-state index contributed by atoms with van der Waals surface area (Å²) in [6.45, 7) is 3.34. The second-order valence-electron chi connectivity index (χ2n) is 4.85. The van der Waals surface area contributed by atoms with E-state index in [4.69, 9.17) is 5.26 Å². The molecule has 1 aromatic rings. The molecule has 1 heterocycles. The third-order valence-corrected chi connectivity index (χ3v) is 3.52. The molecule has 0 radical (unpaired) electrons. The Morgan fingerprint density at radius 1 is 1.58 bits per heavy atom. The molecule has 100 valence electrons. The van der Waals surface area contributed by atoms with Crippen LogP contribution in [0.5, 0.6) is 0 Å². The summed E-state index contributed by atoms with van der Waals surface area (Å²) >= 11 is 0. The number of hydrogen-bond acceptors (Lipinski definition) is 5. The Labute approximate surface area is 111 Å². The summed E-state index contributed by atoms with van der Waals surface area (Å²) in [6, 6.07) is 6.42. The van der Waals surface area contributed by atoms with Crippen LogP contribution in [0.4, 0.5) is 11.4 Å². The molecule has 6 heteroatoms. The zero-order chi connectivity index (χ0) is 14.0. The quantitative estimate of drug-likeness (QED) is 0.646. The first-order valence-electron chi connectivity index (χ1n) is 6.14. The Balaban J connectivity index is 2.27. The van der Waals surface area contributed by atoms with E-state index in [9.17, 15) is 15.2 Å². The molecule has 1 aliphatic rings. The molecule has 6 nitrogen and oxygen atoms in total. The van der Waals surface area contributed by atoms with Crippen molar-refractivity contribution >= 4 is 11.4 Å². The van der Waals surface area contributed by atoms with E-state index in [0.717, 1.165) is 5.69 Å². The van der Waals surface area contributed by atoms with Gasteiger partial charge in [-0.05, 0) is 24.5 Å². The largest absolute Gasteiger partial charge is 0.393 e. The molecule has 1 aliphatic heterocycles. The zero-order valence-electron chi connectivity index (χ0n) is 10.6. The summed E-state index contributed by atoms with van der Waals surface area (Å²) in [5.41, 5.74) is 0.693. The van der Waals surface area contributed by atoms with E-state index in [0.29, 0.717) is 19.5 Å². The highest BCUT2D eigenvalue weighted by Crippen LogP contribution is 2.27. The summed E-state index contributed by atoms with van der Waals surface area (Å²) in [7, 11) is 0. The maximum atomic E-state index is 10.8. The number of aliphatic hydroxyl groups excluding tert-OH is 1. The van der Waals surface area contributed by atoms with E-state index >= 15 is 0 Å². The normalized spacial score (nSPS) is 22.9. The van der Waals surface area contributed by atoms with Gasteiger partial charge in [0.25, 0.3) is 5.69 Å². The highest BCUT2D eigenvalue weighted by atomic mass is 16.6. The molecular formula is C13H15N3O3. The van der Waals surface area contributed by atoms with E-state index in [1.54, 1.807) is 12.1 Å². The molecule has 2 unspecified atom stereocenters. The molecule has 2 atom stereocenters. The Hall–Kier alpha value is -2.13. The van der Waals surface area contributed by atoms with E-state index in [2.05, 4.69) is 0 Å². The second kappa shape index (κ2) is 5.24. The highest BCUT2D eigenvalue weighted by Gasteiger charge is 2.25. The van der Waals surface area contributed by atoms with Crippen molar-refractivity contribution in [2.75, 3.05) is 18.0 Å². The summed E-state index contributed by atoms with van der Waals surface area (Å²) in [5, 5.41) is 29.4. The van der Waals surface area contributed by atoms with Crippen molar-refractivity contribution in [3.63, 3.8) is 0 Å². The summed E-state index contributed by atoms with van der Waals surface area (Å²) < 4.78 is 0. The van der Waals surface area contributed by atoms with Crippen LogP contribution in [0.2, 0.25) is 0 Å². The SMILES string of the molecule is CC1CN(c2ccc([N+](=O)[O-])c(C#N)c2)CCC1O. The van der Waals surface area contributed by atoms with Crippen LogP contribution in [0.15, 0.2) is 18.2 Å². The van der Waals surface area contributed by atoms with Gasteiger partial charge in [-0.15, -0.1) is 0 Å². The van der Waals surface area contributed by atoms with Gasteiger partial charge < -0.3 is 10.0 Å². The van der Waals surface area contributed by atoms with Crippen LogP contribution in [-0.4, -0.2) is 29.2 Å². The van der Waals surface area contributed by atoms with Crippen molar-refractivity contribution in [3.05, 3.63) is 33.9 Å². The number of rotatable bonds is 2. The minimum atomic E-state index is -0.551. The zero-order valence-corrected chi connectivity index (χ0v) is 10.6. The molecule has 1 aromatic carbocycles. The molecule has 19 heavy (non-hydrogen) atoms. The van der Waals surface area contributed by atoms with E-state index in [-0.39, 0.29) is 23.3 Å². The number of piperidine rings is 1. The lowest BCUT2D eigenvalue weighted by Gasteiger charge is -2.36. The summed E-state index contributed by atoms with van der Waals surface area (Å²) in [4.78, 5) is 12.3. The van der Waals surface area contributed by atoms with Crippen molar-refractivity contribution in [3.8, 4) is 6.07 Å². The van der Waals surface area contributed by atoms with Crippen molar-refractivity contribution < 1.29 is 10.0 Å². The van der Waals surface area contributed by atoms with Gasteiger partial charge in [-0.2, -0.15) is 5.26 Å². The summed E-state index contributed by atoms with van der Waals surface area (Å²) in [5.74, 6) is 0.148. The number of nitro benzene ring substituents is 1. The van der Waals surface area contributed by atoms with Gasteiger partial charge in [0, 0.05) is 24.8 Å². The van der Waals surface area contributed by atoms with Gasteiger partial charge >= 0.3 is 0 Å². The number of nitro groups is 1. The van der Waals surface area contributed by atoms with E-state index in [1.165, 1.54) is 6.07 Å². The first-order chi connectivity index (χ1) is 9.02. The fraction of sp³-hybridized carbons (Fsp3) is 0.462. The second-order valence-corrected chi connectivity index (χ2v) is 4.85. The molecule has 2 rings (SSSR count). The average molecular weight is 261 g/mol. The van der Waals surface area contributed by atoms with Gasteiger partial charge in [-0.3, -0.25) is 10.1 Å². The van der Waals surface area contributed by atoms with Crippen LogP contribution in [0, 0.1) is 27.4 Å². The number of benzene rings is 1. The van der Waals surface area contributed by atoms with Gasteiger partial charge in [0.05, 0.1) is 11.0 Å². The lowest BCUT2D eigenvalue weighted by atomic mass is 9.96. The molecule has 1 fully saturated rings. The Morgan fingerprint density at radius 3 is 2.89 bits per heavy atom. The van der Waals surface area contributed by atoms with Crippen LogP contribution >= 0.6 is 0 Å². The minimum Gasteiger partial charge on any atom is -0.393 e. The maximum absolute atomic E-state index is 10.8. The topological polar surface area (TPSA) is 90.4 Å². The highest BCUT2D eigenvalue weighted by molar-refractivity contribution is 5.60. The fourth-order valence-corrected chi connectivity index (χ4v) is 2.34. The number of nitriles is 1. The van der Waals surface area contributed by atoms with Gasteiger partial charge in [0.2, 0.25) is 0 Å². The van der Waals surface area contributed by atoms with Gasteiger partial charge in [-0.1, -0.05) is 6.92 Å². The monoisotopic (exact) mass is 261 g/mol. The van der Waals surface area contributed by atoms with Crippen molar-refractivity contribution in [1.29, 1.82) is 5.26 Å². The van der Waals surface area contributed by atoms with Gasteiger partial charge in [-0.25, -0.2) is 0 Å². The first-order valence-corrected chi connectivity index (χ1v) is 6.14. The molecule has 0 saturated carbocycles. The average Bonchev–Trinajstić information content (AvgIpc) is 2.41. The number of anilines is 1. The maximum Gasteiger partial charge on any atom is 0.287 e. The van der Waals surface area contributed by atoms with Crippen molar-refractivity contribution in [2.24, 2.45) is 5.92 Å². The molecule has 0 bridgehead atoms. The first kappa shape index (κ1) is 13.3. The lowest BCUT2D eigenvalue weighted by Crippen LogP contribution is -2.41. The van der Waals surface area contributed by atoms with Crippen LogP contribution < -0.4 is 4.90 Å². The van der Waals surface area contributed by atoms with Crippen molar-refractivity contribution in [1.82, 2.24) is 0 Å². The third kappa shape index (κ3) is 2.66. The minimum absolute atomic E-state index is 0.0706. The smallest absolute Gasteiger partial charge is 0.287 e. The Morgan fingerprint density at radius 2 is 2.32 bits per heavy atom. The standard InChI is InChI=1S/C13H15N3O3/c1-9-8-15(5-4-13(9)17)11-2-3-12(16(18)19)10(6-11)7-14/h2-3,6,9,13,17H,4-5,8H2,1H3. The lowest BCUT2D eigenvalue weighted by molar-refractivity contribution is -0.385. The predicted molar refractivity (Wildman–Crippen MR) is 69.8 cm³/mol. The molecule has 0 aromatic heterocycles. The molecule has 0 amide bonds. The van der Waals surface area contributed by atoms with Crippen LogP contribution in [0.25, 0.3) is 0 Å². The van der Waals surface area contributed by atoms with Gasteiger partial charge in [0.15, 0.2) is 0 Å². The number of nitrogens with zero attached hydrogens (tertiary/aromatic N) is 3. The fourth-order valence-electron chi connectivity index (χ4n) is 2.34. The van der Waals surface area contributed by atoms with E-state index in [1.807, 2.05) is 17.9 Å². The number of hydrogen-bond donors (Lipinski definition) is 1. The molecule has 0 aliphatic carbocycles. The van der Waals surface area contributed by atoms with Crippen LogP contribution in [0.1, 0.15) is 18.9 Å². The Bertz CT molecular complexity index is 538. The van der Waals surface area contributed by atoms with Gasteiger partial charge in [0.1, 0.15) is 11.6 Å². The van der Waals surface area contributed by atoms with Crippen LogP contribution in [0.3, 0.4) is 0 Å². The molecule has 0 spiro atoms. The predicted octanol–water partition coefficient (Wildman–Crippen LogP) is 1.67.